The smallest absolute Gasteiger partial charge is 0.255 e. The molecule has 2 aromatic carbocycles. The average molecular weight is 433 g/mol. The number of aromatic nitrogens is 3. The monoisotopic (exact) mass is 432 g/mol. The molecule has 30 heavy (non-hydrogen) atoms. The third kappa shape index (κ3) is 3.96. The summed E-state index contributed by atoms with van der Waals surface area (Å²) in [6.07, 6.45) is 0. The van der Waals surface area contributed by atoms with Gasteiger partial charge in [-0.25, -0.2) is 9.97 Å². The predicted molar refractivity (Wildman–Crippen MR) is 120 cm³/mol. The Hall–Kier alpha value is -3.49. The highest BCUT2D eigenvalue weighted by atomic mass is 32.1. The number of benzene rings is 2. The molecule has 0 aliphatic rings. The molecule has 6 nitrogen and oxygen atoms in total. The van der Waals surface area contributed by atoms with E-state index in [1.165, 1.54) is 11.3 Å². The second kappa shape index (κ2) is 8.10. The number of thiophene rings is 1. The summed E-state index contributed by atoms with van der Waals surface area (Å²) in [6, 6.07) is 16.8. The fourth-order valence-electron chi connectivity index (χ4n) is 3.01. The van der Waals surface area contributed by atoms with Gasteiger partial charge in [0.05, 0.1) is 27.1 Å². The number of anilines is 1. The topological polar surface area (TPSA) is 79.9 Å². The molecule has 5 rings (SSSR count). The summed E-state index contributed by atoms with van der Waals surface area (Å²) >= 11 is 3.15. The molecule has 1 amide bonds. The van der Waals surface area contributed by atoms with Crippen LogP contribution in [0.15, 0.2) is 70.9 Å². The van der Waals surface area contributed by atoms with Gasteiger partial charge in [-0.2, -0.15) is 0 Å². The number of aromatic amines is 1. The fourth-order valence-corrected chi connectivity index (χ4v) is 4.23. The van der Waals surface area contributed by atoms with Gasteiger partial charge in [0.2, 0.25) is 0 Å². The van der Waals surface area contributed by atoms with Gasteiger partial charge in [0.15, 0.2) is 0 Å². The molecule has 3 heterocycles. The van der Waals surface area contributed by atoms with Gasteiger partial charge in [-0.15, -0.1) is 22.7 Å². The van der Waals surface area contributed by atoms with E-state index in [1.807, 2.05) is 47.2 Å². The molecule has 0 unspecified atom stereocenters. The summed E-state index contributed by atoms with van der Waals surface area (Å²) in [5, 5.41) is 6.89. The lowest BCUT2D eigenvalue weighted by Gasteiger charge is -2.08. The Balaban J connectivity index is 1.31. The summed E-state index contributed by atoms with van der Waals surface area (Å²) in [5.41, 5.74) is 5.58. The number of amides is 1. The number of hydrogen-bond donors (Lipinski definition) is 2. The van der Waals surface area contributed by atoms with Crippen LogP contribution in [0.1, 0.15) is 16.1 Å². The minimum atomic E-state index is -0.202. The summed E-state index contributed by atoms with van der Waals surface area (Å²) in [6.45, 7) is 0.373. The highest BCUT2D eigenvalue weighted by molar-refractivity contribution is 7.13. The number of thiazole rings is 1. The zero-order chi connectivity index (χ0) is 20.3. The van der Waals surface area contributed by atoms with Gasteiger partial charge in [-0.3, -0.25) is 4.79 Å². The van der Waals surface area contributed by atoms with Crippen LogP contribution in [0.3, 0.4) is 0 Å². The van der Waals surface area contributed by atoms with Crippen molar-refractivity contribution in [3.05, 3.63) is 82.1 Å². The Morgan fingerprint density at radius 3 is 2.93 bits per heavy atom. The number of rotatable bonds is 6. The first-order chi connectivity index (χ1) is 14.7. The molecule has 3 aromatic heterocycles. The van der Waals surface area contributed by atoms with Crippen LogP contribution in [0.4, 0.5) is 5.69 Å². The zero-order valence-corrected chi connectivity index (χ0v) is 17.3. The quantitative estimate of drug-likeness (QED) is 0.367. The van der Waals surface area contributed by atoms with Crippen LogP contribution in [-0.2, 0) is 6.61 Å². The molecule has 8 heteroatoms. The minimum Gasteiger partial charge on any atom is -0.487 e. The molecule has 0 spiro atoms. The van der Waals surface area contributed by atoms with Crippen LogP contribution in [-0.4, -0.2) is 20.9 Å². The van der Waals surface area contributed by atoms with Crippen LogP contribution in [0.5, 0.6) is 5.75 Å². The summed E-state index contributed by atoms with van der Waals surface area (Å²) in [7, 11) is 0. The van der Waals surface area contributed by atoms with Crippen LogP contribution in [0.25, 0.3) is 21.7 Å². The third-order valence-corrected chi connectivity index (χ3v) is 5.97. The van der Waals surface area contributed by atoms with Gasteiger partial charge in [0, 0.05) is 16.6 Å². The molecule has 148 valence electrons. The Labute approximate surface area is 180 Å². The third-order valence-electron chi connectivity index (χ3n) is 4.46. The summed E-state index contributed by atoms with van der Waals surface area (Å²) in [5.74, 6) is 1.25. The van der Waals surface area contributed by atoms with E-state index in [0.717, 1.165) is 27.4 Å². The molecule has 0 atom stereocenters. The Kier molecular flexibility index (Phi) is 5.00. The summed E-state index contributed by atoms with van der Waals surface area (Å²) < 4.78 is 5.74. The highest BCUT2D eigenvalue weighted by Crippen LogP contribution is 2.26. The minimum absolute atomic E-state index is 0.202. The van der Waals surface area contributed by atoms with E-state index < -0.39 is 0 Å². The van der Waals surface area contributed by atoms with Gasteiger partial charge >= 0.3 is 0 Å². The molecule has 0 saturated heterocycles. The highest BCUT2D eigenvalue weighted by Gasteiger charge is 2.10. The van der Waals surface area contributed by atoms with Crippen molar-refractivity contribution in [2.24, 2.45) is 0 Å². The number of ether oxygens (including phenoxy) is 1. The van der Waals surface area contributed by atoms with Crippen molar-refractivity contribution in [3.63, 3.8) is 0 Å². The van der Waals surface area contributed by atoms with Gasteiger partial charge in [0.1, 0.15) is 18.2 Å². The van der Waals surface area contributed by atoms with Crippen LogP contribution < -0.4 is 10.1 Å². The molecular weight excluding hydrogens is 416 g/mol. The van der Waals surface area contributed by atoms with E-state index in [2.05, 4.69) is 20.3 Å². The lowest BCUT2D eigenvalue weighted by Crippen LogP contribution is -2.12. The van der Waals surface area contributed by atoms with Gasteiger partial charge in [-0.1, -0.05) is 12.1 Å². The number of nitrogens with zero attached hydrogens (tertiary/aromatic N) is 2. The maximum Gasteiger partial charge on any atom is 0.255 e. The number of H-pyrrole nitrogens is 1. The second-order valence-corrected chi connectivity index (χ2v) is 8.21. The first kappa shape index (κ1) is 18.5. The predicted octanol–water partition coefficient (Wildman–Crippen LogP) is 5.58. The largest absolute Gasteiger partial charge is 0.487 e. The number of hydrogen-bond acceptors (Lipinski definition) is 6. The van der Waals surface area contributed by atoms with Crippen molar-refractivity contribution in [2.45, 2.75) is 6.61 Å². The number of carbonyl (C=O) groups excluding carboxylic acids is 1. The molecule has 0 aliphatic carbocycles. The lowest BCUT2D eigenvalue weighted by atomic mass is 10.2. The molecular formula is C22H16N4O2S2. The number of imidazole rings is 1. The Bertz CT molecular complexity index is 1290. The lowest BCUT2D eigenvalue weighted by molar-refractivity contribution is 0.102. The average Bonchev–Trinajstić information content (AvgIpc) is 3.53. The second-order valence-electron chi connectivity index (χ2n) is 6.55. The van der Waals surface area contributed by atoms with Crippen molar-refractivity contribution < 1.29 is 9.53 Å². The van der Waals surface area contributed by atoms with Crippen molar-refractivity contribution in [1.29, 1.82) is 0 Å². The van der Waals surface area contributed by atoms with Gasteiger partial charge in [-0.05, 0) is 47.8 Å². The number of carbonyl (C=O) groups is 1. The molecule has 0 radical (unpaired) electrons. The number of nitrogens with one attached hydrogen (secondary N) is 2. The van der Waals surface area contributed by atoms with E-state index in [1.54, 1.807) is 35.0 Å². The molecule has 5 aromatic rings. The zero-order valence-electron chi connectivity index (χ0n) is 15.7. The Morgan fingerprint density at radius 2 is 2.10 bits per heavy atom. The fraction of sp³-hybridized carbons (Fsp3) is 0.0455. The van der Waals surface area contributed by atoms with Crippen LogP contribution in [0.2, 0.25) is 0 Å². The summed E-state index contributed by atoms with van der Waals surface area (Å²) in [4.78, 5) is 25.9. The standard InChI is InChI=1S/C22H16N4O2S2/c27-22(14-3-1-4-17(9-14)28-11-16-12-29-13-23-16)24-15-6-7-18-19(10-15)26-21(25-18)20-5-2-8-30-20/h1-10,12-13H,11H2,(H,24,27)(H,25,26). The van der Waals surface area contributed by atoms with Gasteiger partial charge in [0.25, 0.3) is 5.91 Å². The van der Waals surface area contributed by atoms with E-state index in [4.69, 9.17) is 4.74 Å². The molecule has 0 saturated carbocycles. The van der Waals surface area contributed by atoms with Crippen molar-refractivity contribution >= 4 is 45.3 Å². The first-order valence-electron chi connectivity index (χ1n) is 9.19. The van der Waals surface area contributed by atoms with E-state index in [0.29, 0.717) is 23.6 Å². The van der Waals surface area contributed by atoms with Crippen molar-refractivity contribution in [2.75, 3.05) is 5.32 Å². The maximum absolute atomic E-state index is 12.7. The van der Waals surface area contributed by atoms with Crippen molar-refractivity contribution in [3.8, 4) is 16.5 Å². The SMILES string of the molecule is O=C(Nc1ccc2nc(-c3cccs3)[nH]c2c1)c1cccc(OCc2cscn2)c1. The van der Waals surface area contributed by atoms with E-state index in [-0.39, 0.29) is 5.91 Å². The molecule has 0 aliphatic heterocycles. The van der Waals surface area contributed by atoms with E-state index in [9.17, 15) is 4.79 Å². The maximum atomic E-state index is 12.7. The van der Waals surface area contributed by atoms with Crippen molar-refractivity contribution in [1.82, 2.24) is 15.0 Å². The van der Waals surface area contributed by atoms with Gasteiger partial charge < -0.3 is 15.0 Å². The number of fused-ring (bicyclic) bond motifs is 1. The molecule has 0 fully saturated rings. The van der Waals surface area contributed by atoms with Crippen LogP contribution >= 0.6 is 22.7 Å². The van der Waals surface area contributed by atoms with Crippen LogP contribution in [0, 0.1) is 0 Å². The van der Waals surface area contributed by atoms with E-state index >= 15 is 0 Å². The Morgan fingerprint density at radius 1 is 1.13 bits per heavy atom. The molecule has 2 N–H and O–H groups in total. The first-order valence-corrected chi connectivity index (χ1v) is 11.0. The molecule has 0 bridgehead atoms. The normalized spacial score (nSPS) is 10.9.